The van der Waals surface area contributed by atoms with Crippen LogP contribution >= 0.6 is 15.9 Å². The molecule has 0 aliphatic rings. The number of nitrogens with one attached hydrogen (secondary N) is 1. The van der Waals surface area contributed by atoms with Gasteiger partial charge in [-0.2, -0.15) is 0 Å². The molecule has 6 heteroatoms. The fraction of sp³-hybridized carbons (Fsp3) is 0.500. The Morgan fingerprint density at radius 1 is 1.39 bits per heavy atom. The van der Waals surface area contributed by atoms with Crippen molar-refractivity contribution in [3.05, 3.63) is 28.2 Å². The van der Waals surface area contributed by atoms with E-state index in [1.807, 2.05) is 26.8 Å². The highest BCUT2D eigenvalue weighted by Gasteiger charge is 2.11. The maximum atomic E-state index is 11.8. The van der Waals surface area contributed by atoms with E-state index in [1.165, 1.54) is 0 Å². The molecule has 0 bridgehead atoms. The number of hydrogen-bond donors (Lipinski definition) is 1. The van der Waals surface area contributed by atoms with Crippen LogP contribution in [0.2, 0.25) is 0 Å². The number of sulfonamides is 1. The second-order valence-electron chi connectivity index (χ2n) is 4.30. The molecule has 18 heavy (non-hydrogen) atoms. The minimum absolute atomic E-state index is 0.0359. The van der Waals surface area contributed by atoms with E-state index in [2.05, 4.69) is 20.7 Å². The maximum Gasteiger partial charge on any atom is 0.235 e. The predicted octanol–water partition coefficient (Wildman–Crippen LogP) is 2.92. The van der Waals surface area contributed by atoms with Gasteiger partial charge in [0.15, 0.2) is 0 Å². The van der Waals surface area contributed by atoms with Gasteiger partial charge in [-0.25, -0.2) is 8.42 Å². The van der Waals surface area contributed by atoms with Gasteiger partial charge in [-0.05, 0) is 38.5 Å². The summed E-state index contributed by atoms with van der Waals surface area (Å²) in [6, 6.07) is 5.34. The molecule has 0 fully saturated rings. The Morgan fingerprint density at radius 3 is 2.61 bits per heavy atom. The summed E-state index contributed by atoms with van der Waals surface area (Å²) in [6.07, 6.45) is 0.0359. The Hall–Kier alpha value is -0.590. The molecule has 0 saturated carbocycles. The van der Waals surface area contributed by atoms with E-state index >= 15 is 0 Å². The van der Waals surface area contributed by atoms with Crippen LogP contribution in [0, 0.1) is 6.92 Å². The summed E-state index contributed by atoms with van der Waals surface area (Å²) in [5, 5.41) is 0. The second kappa shape index (κ2) is 6.54. The lowest BCUT2D eigenvalue weighted by molar-refractivity contribution is 0.0913. The van der Waals surface area contributed by atoms with Gasteiger partial charge in [-0.15, -0.1) is 0 Å². The van der Waals surface area contributed by atoms with E-state index in [9.17, 15) is 8.42 Å². The summed E-state index contributed by atoms with van der Waals surface area (Å²) in [7, 11) is -3.36. The van der Waals surface area contributed by atoms with Gasteiger partial charge in [-0.3, -0.25) is 4.72 Å². The van der Waals surface area contributed by atoms with Gasteiger partial charge >= 0.3 is 0 Å². The number of rotatable bonds is 6. The first-order valence-electron chi connectivity index (χ1n) is 5.68. The van der Waals surface area contributed by atoms with Crippen LogP contribution < -0.4 is 4.72 Å². The van der Waals surface area contributed by atoms with Crippen LogP contribution in [0.25, 0.3) is 0 Å². The molecule has 4 nitrogen and oxygen atoms in total. The van der Waals surface area contributed by atoms with Crippen molar-refractivity contribution in [3.63, 3.8) is 0 Å². The number of halogens is 1. The highest BCUT2D eigenvalue weighted by molar-refractivity contribution is 9.10. The maximum absolute atomic E-state index is 11.8. The lowest BCUT2D eigenvalue weighted by Crippen LogP contribution is -2.21. The molecule has 0 aromatic heterocycles. The molecule has 0 unspecified atom stereocenters. The molecule has 0 radical (unpaired) electrons. The first-order valence-corrected chi connectivity index (χ1v) is 8.13. The molecule has 0 aliphatic heterocycles. The third-order valence-electron chi connectivity index (χ3n) is 2.25. The SMILES string of the molecule is Cc1ccc(NS(=O)(=O)CCOC(C)C)cc1Br. The van der Waals surface area contributed by atoms with E-state index in [-0.39, 0.29) is 18.5 Å². The highest BCUT2D eigenvalue weighted by atomic mass is 79.9. The Labute approximate surface area is 117 Å². The monoisotopic (exact) mass is 335 g/mol. The molecule has 0 amide bonds. The van der Waals surface area contributed by atoms with Gasteiger partial charge in [-0.1, -0.05) is 22.0 Å². The van der Waals surface area contributed by atoms with Gasteiger partial charge in [0, 0.05) is 10.2 Å². The molecule has 1 N–H and O–H groups in total. The summed E-state index contributed by atoms with van der Waals surface area (Å²) in [6.45, 7) is 5.88. The van der Waals surface area contributed by atoms with Crippen LogP contribution in [0.4, 0.5) is 5.69 Å². The van der Waals surface area contributed by atoms with E-state index in [0.717, 1.165) is 10.0 Å². The first kappa shape index (κ1) is 15.5. The molecule has 0 aliphatic carbocycles. The van der Waals surface area contributed by atoms with Crippen molar-refractivity contribution in [1.29, 1.82) is 0 Å². The number of hydrogen-bond acceptors (Lipinski definition) is 3. The molecule has 0 spiro atoms. The molecule has 102 valence electrons. The number of benzene rings is 1. The van der Waals surface area contributed by atoms with Gasteiger partial charge < -0.3 is 4.74 Å². The van der Waals surface area contributed by atoms with E-state index in [1.54, 1.807) is 12.1 Å². The predicted molar refractivity (Wildman–Crippen MR) is 77.4 cm³/mol. The van der Waals surface area contributed by atoms with Gasteiger partial charge in [0.05, 0.1) is 18.5 Å². The van der Waals surface area contributed by atoms with Crippen LogP contribution in [-0.4, -0.2) is 26.9 Å². The average molecular weight is 336 g/mol. The minimum atomic E-state index is -3.36. The van der Waals surface area contributed by atoms with Crippen molar-refractivity contribution in [3.8, 4) is 0 Å². The third-order valence-corrected chi connectivity index (χ3v) is 4.35. The Bertz CT molecular complexity index is 500. The molecule has 1 aromatic carbocycles. The Balaban J connectivity index is 2.62. The standard InChI is InChI=1S/C12H18BrNO3S/c1-9(2)17-6-7-18(15,16)14-11-5-4-10(3)12(13)8-11/h4-5,8-9,14H,6-7H2,1-3H3. The third kappa shape index (κ3) is 5.37. The molecular weight excluding hydrogens is 318 g/mol. The van der Waals surface area contributed by atoms with Crippen LogP contribution in [0.1, 0.15) is 19.4 Å². The molecule has 1 aromatic rings. The van der Waals surface area contributed by atoms with Crippen LogP contribution in [0.5, 0.6) is 0 Å². The van der Waals surface area contributed by atoms with E-state index < -0.39 is 10.0 Å². The van der Waals surface area contributed by atoms with Crippen molar-refractivity contribution in [2.75, 3.05) is 17.1 Å². The molecule has 1 rings (SSSR count). The second-order valence-corrected chi connectivity index (χ2v) is 7.00. The molecule has 0 heterocycles. The summed E-state index contributed by atoms with van der Waals surface area (Å²) in [4.78, 5) is 0. The quantitative estimate of drug-likeness (QED) is 0.869. The van der Waals surface area contributed by atoms with Gasteiger partial charge in [0.25, 0.3) is 0 Å². The van der Waals surface area contributed by atoms with Crippen molar-refractivity contribution in [2.45, 2.75) is 26.9 Å². The van der Waals surface area contributed by atoms with Crippen molar-refractivity contribution < 1.29 is 13.2 Å². The fourth-order valence-electron chi connectivity index (χ4n) is 1.28. The largest absolute Gasteiger partial charge is 0.378 e. The smallest absolute Gasteiger partial charge is 0.235 e. The molecule has 0 saturated heterocycles. The van der Waals surface area contributed by atoms with Crippen LogP contribution in [0.3, 0.4) is 0 Å². The van der Waals surface area contributed by atoms with Crippen molar-refractivity contribution in [2.24, 2.45) is 0 Å². The van der Waals surface area contributed by atoms with E-state index in [4.69, 9.17) is 4.74 Å². The first-order chi connectivity index (χ1) is 8.30. The Morgan fingerprint density at radius 2 is 2.06 bits per heavy atom. The summed E-state index contributed by atoms with van der Waals surface area (Å²) < 4.78 is 32.2. The van der Waals surface area contributed by atoms with Crippen LogP contribution in [-0.2, 0) is 14.8 Å². The summed E-state index contributed by atoms with van der Waals surface area (Å²) >= 11 is 3.37. The zero-order valence-corrected chi connectivity index (χ0v) is 13.1. The zero-order valence-electron chi connectivity index (χ0n) is 10.7. The minimum Gasteiger partial charge on any atom is -0.378 e. The zero-order chi connectivity index (χ0) is 13.8. The van der Waals surface area contributed by atoms with Crippen LogP contribution in [0.15, 0.2) is 22.7 Å². The summed E-state index contributed by atoms with van der Waals surface area (Å²) in [5.41, 5.74) is 1.61. The highest BCUT2D eigenvalue weighted by Crippen LogP contribution is 2.21. The lowest BCUT2D eigenvalue weighted by Gasteiger charge is -2.11. The summed E-state index contributed by atoms with van der Waals surface area (Å²) in [5.74, 6) is -0.0450. The normalized spacial score (nSPS) is 11.8. The number of aryl methyl sites for hydroxylation is 1. The fourth-order valence-corrected chi connectivity index (χ4v) is 2.56. The van der Waals surface area contributed by atoms with Gasteiger partial charge in [0.1, 0.15) is 0 Å². The number of anilines is 1. The van der Waals surface area contributed by atoms with Crippen molar-refractivity contribution >= 4 is 31.6 Å². The van der Waals surface area contributed by atoms with E-state index in [0.29, 0.717) is 5.69 Å². The lowest BCUT2D eigenvalue weighted by atomic mass is 10.2. The van der Waals surface area contributed by atoms with Gasteiger partial charge in [0.2, 0.25) is 10.0 Å². The number of ether oxygens (including phenoxy) is 1. The molecular formula is C12H18BrNO3S. The van der Waals surface area contributed by atoms with Crippen molar-refractivity contribution in [1.82, 2.24) is 0 Å². The Kier molecular flexibility index (Phi) is 5.62. The topological polar surface area (TPSA) is 55.4 Å². The average Bonchev–Trinajstić information content (AvgIpc) is 2.22. The molecule has 0 atom stereocenters.